The van der Waals surface area contributed by atoms with Gasteiger partial charge in [-0.3, -0.25) is 4.90 Å². The lowest BCUT2D eigenvalue weighted by Gasteiger charge is -2.20. The standard InChI is InChI=1S/C14H22N2O/c1-10-8-12(9-16(10)13-5-6-13)15-11(2)14-4-3-7-17-14/h3-4,7,10-13,15H,5-6,8-9H2,1-2H3. The van der Waals surface area contributed by atoms with Gasteiger partial charge >= 0.3 is 0 Å². The summed E-state index contributed by atoms with van der Waals surface area (Å²) in [6, 6.07) is 6.57. The first-order valence-corrected chi connectivity index (χ1v) is 6.79. The lowest BCUT2D eigenvalue weighted by molar-refractivity contribution is 0.253. The van der Waals surface area contributed by atoms with E-state index in [1.54, 1.807) is 6.26 Å². The first-order chi connectivity index (χ1) is 8.24. The van der Waals surface area contributed by atoms with Crippen LogP contribution < -0.4 is 5.32 Å². The predicted octanol–water partition coefficient (Wildman–Crippen LogP) is 2.56. The lowest BCUT2D eigenvalue weighted by atomic mass is 10.1. The smallest absolute Gasteiger partial charge is 0.120 e. The Kier molecular flexibility index (Phi) is 2.97. The molecule has 1 aliphatic carbocycles. The second-order valence-corrected chi connectivity index (χ2v) is 5.61. The molecular formula is C14H22N2O. The molecule has 94 valence electrons. The largest absolute Gasteiger partial charge is 0.468 e. The topological polar surface area (TPSA) is 28.4 Å². The van der Waals surface area contributed by atoms with Crippen molar-refractivity contribution in [1.29, 1.82) is 0 Å². The van der Waals surface area contributed by atoms with E-state index in [0.717, 1.165) is 17.8 Å². The zero-order chi connectivity index (χ0) is 11.8. The molecule has 3 rings (SSSR count). The Morgan fingerprint density at radius 2 is 2.29 bits per heavy atom. The Balaban J connectivity index is 1.56. The van der Waals surface area contributed by atoms with Crippen molar-refractivity contribution in [2.75, 3.05) is 6.54 Å². The van der Waals surface area contributed by atoms with Crippen LogP contribution in [0, 0.1) is 0 Å². The normalized spacial score (nSPS) is 31.9. The van der Waals surface area contributed by atoms with E-state index in [-0.39, 0.29) is 0 Å². The number of hydrogen-bond donors (Lipinski definition) is 1. The third kappa shape index (κ3) is 2.40. The molecule has 3 heteroatoms. The Labute approximate surface area is 103 Å². The number of rotatable bonds is 4. The van der Waals surface area contributed by atoms with Gasteiger partial charge in [0.1, 0.15) is 5.76 Å². The Hall–Kier alpha value is -0.800. The third-order valence-corrected chi connectivity index (χ3v) is 4.09. The van der Waals surface area contributed by atoms with E-state index >= 15 is 0 Å². The van der Waals surface area contributed by atoms with Gasteiger partial charge in [-0.25, -0.2) is 0 Å². The fraction of sp³-hybridized carbons (Fsp3) is 0.714. The Morgan fingerprint density at radius 3 is 2.94 bits per heavy atom. The minimum atomic E-state index is 0.321. The number of nitrogens with one attached hydrogen (secondary N) is 1. The molecule has 0 amide bonds. The van der Waals surface area contributed by atoms with Crippen LogP contribution in [0.1, 0.15) is 44.9 Å². The molecule has 1 aromatic rings. The highest BCUT2D eigenvalue weighted by Crippen LogP contribution is 2.33. The van der Waals surface area contributed by atoms with E-state index in [9.17, 15) is 0 Å². The van der Waals surface area contributed by atoms with Crippen LogP contribution in [0.25, 0.3) is 0 Å². The molecule has 1 N–H and O–H groups in total. The van der Waals surface area contributed by atoms with Crippen LogP contribution in [-0.4, -0.2) is 29.6 Å². The van der Waals surface area contributed by atoms with Gasteiger partial charge in [-0.1, -0.05) is 0 Å². The van der Waals surface area contributed by atoms with Gasteiger partial charge in [0, 0.05) is 24.7 Å². The number of nitrogens with zero attached hydrogens (tertiary/aromatic N) is 1. The maximum absolute atomic E-state index is 5.44. The van der Waals surface area contributed by atoms with Crippen LogP contribution in [-0.2, 0) is 0 Å². The van der Waals surface area contributed by atoms with Crippen molar-refractivity contribution < 1.29 is 4.42 Å². The summed E-state index contributed by atoms with van der Waals surface area (Å²) in [4.78, 5) is 2.67. The molecule has 0 bridgehead atoms. The van der Waals surface area contributed by atoms with Crippen LogP contribution in [0.2, 0.25) is 0 Å². The van der Waals surface area contributed by atoms with Gasteiger partial charge in [0.05, 0.1) is 12.3 Å². The summed E-state index contributed by atoms with van der Waals surface area (Å²) in [5.74, 6) is 1.04. The second-order valence-electron chi connectivity index (χ2n) is 5.61. The van der Waals surface area contributed by atoms with Crippen molar-refractivity contribution in [2.24, 2.45) is 0 Å². The zero-order valence-electron chi connectivity index (χ0n) is 10.7. The molecule has 3 unspecified atom stereocenters. The van der Waals surface area contributed by atoms with Crippen molar-refractivity contribution in [3.8, 4) is 0 Å². The minimum absolute atomic E-state index is 0.321. The quantitative estimate of drug-likeness (QED) is 0.868. The molecule has 0 aromatic carbocycles. The first kappa shape index (κ1) is 11.3. The molecule has 3 nitrogen and oxygen atoms in total. The van der Waals surface area contributed by atoms with E-state index in [1.165, 1.54) is 25.8 Å². The lowest BCUT2D eigenvalue weighted by Crippen LogP contribution is -2.35. The second kappa shape index (κ2) is 4.46. The molecular weight excluding hydrogens is 212 g/mol. The molecule has 1 aromatic heterocycles. The molecule has 1 saturated heterocycles. The van der Waals surface area contributed by atoms with Crippen LogP contribution in [0.4, 0.5) is 0 Å². The van der Waals surface area contributed by atoms with E-state index in [4.69, 9.17) is 4.42 Å². The van der Waals surface area contributed by atoms with Crippen molar-refractivity contribution >= 4 is 0 Å². The van der Waals surface area contributed by atoms with Crippen LogP contribution in [0.3, 0.4) is 0 Å². The van der Waals surface area contributed by atoms with Gasteiger partial charge < -0.3 is 9.73 Å². The monoisotopic (exact) mass is 234 g/mol. The van der Waals surface area contributed by atoms with Crippen LogP contribution >= 0.6 is 0 Å². The number of hydrogen-bond acceptors (Lipinski definition) is 3. The van der Waals surface area contributed by atoms with Crippen molar-refractivity contribution in [2.45, 2.75) is 57.3 Å². The molecule has 1 aliphatic heterocycles. The molecule has 0 radical (unpaired) electrons. The average molecular weight is 234 g/mol. The van der Waals surface area contributed by atoms with Crippen molar-refractivity contribution in [3.05, 3.63) is 24.2 Å². The SMILES string of the molecule is CC(NC1CC(C)N(C2CC2)C1)c1ccco1. The summed E-state index contributed by atoms with van der Waals surface area (Å²) in [6.45, 7) is 5.75. The Morgan fingerprint density at radius 1 is 1.47 bits per heavy atom. The van der Waals surface area contributed by atoms with E-state index in [1.807, 2.05) is 6.07 Å². The number of furan rings is 1. The number of likely N-dealkylation sites (tertiary alicyclic amines) is 1. The van der Waals surface area contributed by atoms with Gasteiger partial charge in [0.25, 0.3) is 0 Å². The van der Waals surface area contributed by atoms with E-state index < -0.39 is 0 Å². The highest BCUT2D eigenvalue weighted by Gasteiger charge is 2.38. The highest BCUT2D eigenvalue weighted by atomic mass is 16.3. The summed E-state index contributed by atoms with van der Waals surface area (Å²) in [6.07, 6.45) is 5.83. The predicted molar refractivity (Wildman–Crippen MR) is 67.9 cm³/mol. The van der Waals surface area contributed by atoms with E-state index in [2.05, 4.69) is 30.1 Å². The summed E-state index contributed by atoms with van der Waals surface area (Å²) in [7, 11) is 0. The van der Waals surface area contributed by atoms with E-state index in [0.29, 0.717) is 12.1 Å². The molecule has 2 aliphatic rings. The van der Waals surface area contributed by atoms with Crippen LogP contribution in [0.15, 0.2) is 22.8 Å². The molecule has 1 saturated carbocycles. The van der Waals surface area contributed by atoms with Gasteiger partial charge in [-0.15, -0.1) is 0 Å². The zero-order valence-corrected chi connectivity index (χ0v) is 10.7. The summed E-state index contributed by atoms with van der Waals surface area (Å²) in [5.41, 5.74) is 0. The Bertz CT molecular complexity index is 358. The third-order valence-electron chi connectivity index (χ3n) is 4.09. The molecule has 2 heterocycles. The fourth-order valence-corrected chi connectivity index (χ4v) is 3.07. The van der Waals surface area contributed by atoms with Gasteiger partial charge in [0.2, 0.25) is 0 Å². The van der Waals surface area contributed by atoms with Gasteiger partial charge in [0.15, 0.2) is 0 Å². The highest BCUT2D eigenvalue weighted by molar-refractivity contribution is 5.05. The fourth-order valence-electron chi connectivity index (χ4n) is 3.07. The maximum atomic E-state index is 5.44. The van der Waals surface area contributed by atoms with Crippen molar-refractivity contribution in [3.63, 3.8) is 0 Å². The van der Waals surface area contributed by atoms with Crippen LogP contribution in [0.5, 0.6) is 0 Å². The summed E-state index contributed by atoms with van der Waals surface area (Å²) < 4.78 is 5.44. The molecule has 0 spiro atoms. The molecule has 3 atom stereocenters. The molecule has 17 heavy (non-hydrogen) atoms. The van der Waals surface area contributed by atoms with Crippen molar-refractivity contribution in [1.82, 2.24) is 10.2 Å². The first-order valence-electron chi connectivity index (χ1n) is 6.79. The molecule has 2 fully saturated rings. The maximum Gasteiger partial charge on any atom is 0.120 e. The summed E-state index contributed by atoms with van der Waals surface area (Å²) >= 11 is 0. The average Bonchev–Trinajstić information content (AvgIpc) is 2.86. The summed E-state index contributed by atoms with van der Waals surface area (Å²) in [5, 5.41) is 3.69. The minimum Gasteiger partial charge on any atom is -0.468 e. The van der Waals surface area contributed by atoms with Gasteiger partial charge in [-0.05, 0) is 45.2 Å². The van der Waals surface area contributed by atoms with Gasteiger partial charge in [-0.2, -0.15) is 0 Å².